The number of allylic oxidation sites excluding steroid dienone is 1. The zero-order chi connectivity index (χ0) is 15.9. The molecule has 2 saturated carbocycles. The van der Waals surface area contributed by atoms with Crippen LogP contribution >= 0.6 is 0 Å². The van der Waals surface area contributed by atoms with Gasteiger partial charge in [-0.05, 0) is 55.9 Å². The summed E-state index contributed by atoms with van der Waals surface area (Å²) in [7, 11) is 0. The average molecular weight is 305 g/mol. The monoisotopic (exact) mass is 305 g/mol. The molecule has 0 spiro atoms. The highest BCUT2D eigenvalue weighted by molar-refractivity contribution is 5.75. The Morgan fingerprint density at radius 1 is 1.45 bits per heavy atom. The van der Waals surface area contributed by atoms with Crippen LogP contribution in [0.4, 0.5) is 0 Å². The number of carbonyl (C=O) groups is 1. The van der Waals surface area contributed by atoms with Gasteiger partial charge in [0.1, 0.15) is 6.10 Å². The van der Waals surface area contributed by atoms with Gasteiger partial charge in [0.05, 0.1) is 5.92 Å². The van der Waals surface area contributed by atoms with E-state index in [-0.39, 0.29) is 18.0 Å². The van der Waals surface area contributed by atoms with Gasteiger partial charge in [0, 0.05) is 12.5 Å². The number of nitrogens with one attached hydrogen (secondary N) is 1. The first-order valence-corrected chi connectivity index (χ1v) is 8.99. The first-order valence-electron chi connectivity index (χ1n) is 8.99. The Morgan fingerprint density at radius 2 is 2.23 bits per heavy atom. The number of carbonyl (C=O) groups excluding carboxylic acids is 1. The van der Waals surface area contributed by atoms with Crippen molar-refractivity contribution >= 4 is 5.97 Å². The van der Waals surface area contributed by atoms with Gasteiger partial charge in [0.15, 0.2) is 0 Å². The van der Waals surface area contributed by atoms with Crippen LogP contribution in [0.2, 0.25) is 0 Å². The van der Waals surface area contributed by atoms with Crippen LogP contribution in [0, 0.1) is 29.1 Å². The predicted octanol–water partition coefficient (Wildman–Crippen LogP) is 3.55. The molecule has 1 N–H and O–H groups in total. The maximum atomic E-state index is 12.3. The molecule has 0 radical (unpaired) electrons. The molecule has 3 nitrogen and oxygen atoms in total. The van der Waals surface area contributed by atoms with Gasteiger partial charge in [-0.25, -0.2) is 0 Å². The molecule has 22 heavy (non-hydrogen) atoms. The van der Waals surface area contributed by atoms with Gasteiger partial charge in [0.2, 0.25) is 0 Å². The van der Waals surface area contributed by atoms with Crippen molar-refractivity contribution in [1.29, 1.82) is 0 Å². The van der Waals surface area contributed by atoms with Gasteiger partial charge >= 0.3 is 5.97 Å². The minimum atomic E-state index is 0.0270. The van der Waals surface area contributed by atoms with Crippen LogP contribution in [-0.2, 0) is 9.53 Å². The molecule has 3 heteroatoms. The summed E-state index contributed by atoms with van der Waals surface area (Å²) in [4.78, 5) is 12.3. The van der Waals surface area contributed by atoms with Gasteiger partial charge < -0.3 is 10.1 Å². The first kappa shape index (κ1) is 16.0. The lowest BCUT2D eigenvalue weighted by atomic mass is 9.55. The van der Waals surface area contributed by atoms with Gasteiger partial charge in [-0.3, -0.25) is 4.79 Å². The summed E-state index contributed by atoms with van der Waals surface area (Å²) < 4.78 is 5.78. The van der Waals surface area contributed by atoms with Crippen molar-refractivity contribution in [3.05, 3.63) is 12.2 Å². The van der Waals surface area contributed by atoms with Gasteiger partial charge in [-0.15, -0.1) is 0 Å². The summed E-state index contributed by atoms with van der Waals surface area (Å²) in [6.45, 7) is 12.9. The third-order valence-corrected chi connectivity index (χ3v) is 6.24. The number of hydrogen-bond acceptors (Lipinski definition) is 3. The summed E-state index contributed by atoms with van der Waals surface area (Å²) in [5.74, 6) is 1.66. The quantitative estimate of drug-likeness (QED) is 0.637. The lowest BCUT2D eigenvalue weighted by molar-refractivity contribution is -0.146. The molecular formula is C19H31NO2. The number of rotatable bonds is 4. The van der Waals surface area contributed by atoms with E-state index in [1.54, 1.807) is 0 Å². The van der Waals surface area contributed by atoms with Crippen molar-refractivity contribution in [1.82, 2.24) is 5.32 Å². The highest BCUT2D eigenvalue weighted by Gasteiger charge is 2.54. The van der Waals surface area contributed by atoms with E-state index in [0.717, 1.165) is 25.9 Å². The minimum absolute atomic E-state index is 0.0270. The normalized spacial score (nSPS) is 41.3. The fourth-order valence-corrected chi connectivity index (χ4v) is 5.02. The van der Waals surface area contributed by atoms with E-state index in [2.05, 4.69) is 32.7 Å². The molecular weight excluding hydrogens is 274 g/mol. The van der Waals surface area contributed by atoms with Crippen LogP contribution in [0.15, 0.2) is 12.2 Å². The van der Waals surface area contributed by atoms with E-state index >= 15 is 0 Å². The number of fused-ring (bicyclic) bond motifs is 2. The van der Waals surface area contributed by atoms with Crippen molar-refractivity contribution in [2.45, 2.75) is 59.0 Å². The second-order valence-electron chi connectivity index (χ2n) is 8.46. The van der Waals surface area contributed by atoms with Crippen LogP contribution in [0.3, 0.4) is 0 Å². The van der Waals surface area contributed by atoms with E-state index in [9.17, 15) is 4.79 Å². The molecule has 1 saturated heterocycles. The zero-order valence-electron chi connectivity index (χ0n) is 14.4. The second-order valence-corrected chi connectivity index (χ2v) is 8.46. The second kappa shape index (κ2) is 5.99. The SMILES string of the molecule is C=C1CCC[C@]2(C)C[C@H]3OC(=O)[C@@H](CNCC(C)C)[C@H]3C[C@@H]12. The molecule has 0 unspecified atom stereocenters. The van der Waals surface area contributed by atoms with Gasteiger partial charge in [-0.1, -0.05) is 32.9 Å². The van der Waals surface area contributed by atoms with Crippen molar-refractivity contribution < 1.29 is 9.53 Å². The van der Waals surface area contributed by atoms with Crippen molar-refractivity contribution in [3.63, 3.8) is 0 Å². The molecule has 3 rings (SSSR count). The van der Waals surface area contributed by atoms with Crippen molar-refractivity contribution in [2.24, 2.45) is 29.1 Å². The third kappa shape index (κ3) is 2.84. The molecule has 0 aromatic heterocycles. The molecule has 1 heterocycles. The van der Waals surface area contributed by atoms with Crippen molar-refractivity contribution in [2.75, 3.05) is 13.1 Å². The number of ether oxygens (including phenoxy) is 1. The van der Waals surface area contributed by atoms with Crippen molar-refractivity contribution in [3.8, 4) is 0 Å². The average Bonchev–Trinajstić information content (AvgIpc) is 2.71. The Labute approximate surface area is 134 Å². The molecule has 3 fully saturated rings. The van der Waals surface area contributed by atoms with Crippen LogP contribution in [0.25, 0.3) is 0 Å². The maximum absolute atomic E-state index is 12.3. The fourth-order valence-electron chi connectivity index (χ4n) is 5.02. The fraction of sp³-hybridized carbons (Fsp3) is 0.842. The van der Waals surface area contributed by atoms with E-state index in [1.165, 1.54) is 24.8 Å². The molecule has 0 aromatic carbocycles. The van der Waals surface area contributed by atoms with Crippen LogP contribution < -0.4 is 5.32 Å². The number of esters is 1. The Hall–Kier alpha value is -0.830. The standard InChI is InChI=1S/C19H31NO2/c1-12(2)10-20-11-15-14-8-16-13(3)6-5-7-19(16,4)9-17(14)22-18(15)21/h12,14-17,20H,3,5-11H2,1-2,4H3/t14-,15+,16+,17-,19-/m1/s1. The molecule has 2 aliphatic carbocycles. The Kier molecular flexibility index (Phi) is 4.37. The van der Waals surface area contributed by atoms with Gasteiger partial charge in [0.25, 0.3) is 0 Å². The molecule has 1 aliphatic heterocycles. The highest BCUT2D eigenvalue weighted by atomic mass is 16.6. The van der Waals surface area contributed by atoms with Crippen LogP contribution in [0.1, 0.15) is 52.9 Å². The Balaban J connectivity index is 1.70. The molecule has 0 bridgehead atoms. The Morgan fingerprint density at radius 3 is 2.95 bits per heavy atom. The summed E-state index contributed by atoms with van der Waals surface area (Å²) >= 11 is 0. The number of hydrogen-bond donors (Lipinski definition) is 1. The van der Waals surface area contributed by atoms with E-state index in [1.807, 2.05) is 0 Å². The predicted molar refractivity (Wildman–Crippen MR) is 88.4 cm³/mol. The van der Waals surface area contributed by atoms with Gasteiger partial charge in [-0.2, -0.15) is 0 Å². The third-order valence-electron chi connectivity index (χ3n) is 6.24. The molecule has 124 valence electrons. The highest BCUT2D eigenvalue weighted by Crippen LogP contribution is 2.56. The van der Waals surface area contributed by atoms with Crippen LogP contribution in [-0.4, -0.2) is 25.2 Å². The molecule has 0 amide bonds. The lowest BCUT2D eigenvalue weighted by Crippen LogP contribution is -2.45. The summed E-state index contributed by atoms with van der Waals surface area (Å²) in [5, 5.41) is 3.46. The smallest absolute Gasteiger partial charge is 0.310 e. The Bertz CT molecular complexity index is 458. The topological polar surface area (TPSA) is 38.3 Å². The molecule has 5 atom stereocenters. The zero-order valence-corrected chi connectivity index (χ0v) is 14.4. The molecule has 3 aliphatic rings. The summed E-state index contributed by atoms with van der Waals surface area (Å²) in [6, 6.07) is 0. The van der Waals surface area contributed by atoms with E-state index in [4.69, 9.17) is 4.74 Å². The van der Waals surface area contributed by atoms with E-state index in [0.29, 0.717) is 23.2 Å². The first-order chi connectivity index (χ1) is 10.4. The largest absolute Gasteiger partial charge is 0.462 e. The van der Waals surface area contributed by atoms with Crippen LogP contribution in [0.5, 0.6) is 0 Å². The van der Waals surface area contributed by atoms with E-state index < -0.39 is 0 Å². The molecule has 0 aromatic rings. The summed E-state index contributed by atoms with van der Waals surface area (Å²) in [6.07, 6.45) is 5.95. The lowest BCUT2D eigenvalue weighted by Gasteiger charge is -2.50. The minimum Gasteiger partial charge on any atom is -0.462 e. The maximum Gasteiger partial charge on any atom is 0.310 e. The summed E-state index contributed by atoms with van der Waals surface area (Å²) in [5.41, 5.74) is 1.72.